The first-order chi connectivity index (χ1) is 12.7. The molecular formula is C19H17N3O2S2. The Morgan fingerprint density at radius 3 is 2.85 bits per heavy atom. The normalized spacial score (nSPS) is 11.0. The fraction of sp³-hybridized carbons (Fsp3) is 0.158. The molecule has 26 heavy (non-hydrogen) atoms. The van der Waals surface area contributed by atoms with Crippen molar-refractivity contribution in [2.45, 2.75) is 6.54 Å². The zero-order valence-corrected chi connectivity index (χ0v) is 16.0. The Morgan fingerprint density at radius 1 is 1.23 bits per heavy atom. The van der Waals surface area contributed by atoms with Gasteiger partial charge in [0, 0.05) is 29.1 Å². The predicted octanol–water partition coefficient (Wildman–Crippen LogP) is 4.41. The van der Waals surface area contributed by atoms with Gasteiger partial charge in [-0.3, -0.25) is 9.20 Å². The zero-order chi connectivity index (χ0) is 18.1. The Bertz CT molecular complexity index is 1050. The highest BCUT2D eigenvalue weighted by molar-refractivity contribution is 7.15. The van der Waals surface area contributed by atoms with Gasteiger partial charge < -0.3 is 9.64 Å². The molecule has 0 aliphatic heterocycles. The molecule has 0 radical (unpaired) electrons. The van der Waals surface area contributed by atoms with Crippen LogP contribution in [0.1, 0.15) is 15.4 Å². The highest BCUT2D eigenvalue weighted by Gasteiger charge is 2.19. The van der Waals surface area contributed by atoms with Crippen molar-refractivity contribution in [1.82, 2.24) is 14.3 Å². The van der Waals surface area contributed by atoms with E-state index in [4.69, 9.17) is 4.74 Å². The van der Waals surface area contributed by atoms with E-state index in [0.717, 1.165) is 26.8 Å². The van der Waals surface area contributed by atoms with Crippen molar-refractivity contribution in [2.75, 3.05) is 14.2 Å². The van der Waals surface area contributed by atoms with Crippen molar-refractivity contribution in [3.05, 3.63) is 63.9 Å². The molecule has 0 aliphatic rings. The highest BCUT2D eigenvalue weighted by Crippen LogP contribution is 2.31. The number of fused-ring (bicyclic) bond motifs is 1. The molecule has 0 N–H and O–H groups in total. The lowest BCUT2D eigenvalue weighted by atomic mass is 10.1. The number of hydrogen-bond acceptors (Lipinski definition) is 5. The largest absolute Gasteiger partial charge is 0.496 e. The number of imidazole rings is 1. The van der Waals surface area contributed by atoms with E-state index in [-0.39, 0.29) is 5.91 Å². The SMILES string of the molecule is COc1ccccc1-c1cn2c(C(=O)N(C)Cc3cccs3)csc2n1. The number of methoxy groups -OCH3 is 1. The second-order valence-electron chi connectivity index (χ2n) is 5.84. The van der Waals surface area contributed by atoms with Crippen LogP contribution in [0.5, 0.6) is 5.75 Å². The fourth-order valence-electron chi connectivity index (χ4n) is 2.83. The third-order valence-electron chi connectivity index (χ3n) is 4.13. The Morgan fingerprint density at radius 2 is 2.08 bits per heavy atom. The van der Waals surface area contributed by atoms with E-state index >= 15 is 0 Å². The van der Waals surface area contributed by atoms with Gasteiger partial charge in [-0.05, 0) is 23.6 Å². The van der Waals surface area contributed by atoms with E-state index in [1.54, 1.807) is 23.3 Å². The van der Waals surface area contributed by atoms with Gasteiger partial charge in [-0.25, -0.2) is 4.98 Å². The average molecular weight is 383 g/mol. The van der Waals surface area contributed by atoms with Crippen molar-refractivity contribution in [3.8, 4) is 17.0 Å². The summed E-state index contributed by atoms with van der Waals surface area (Å²) in [4.78, 5) is 21.2. The van der Waals surface area contributed by atoms with Crippen LogP contribution in [0.4, 0.5) is 0 Å². The van der Waals surface area contributed by atoms with E-state index in [1.165, 1.54) is 11.3 Å². The first-order valence-corrected chi connectivity index (χ1v) is 9.81. The van der Waals surface area contributed by atoms with Crippen LogP contribution in [0.2, 0.25) is 0 Å². The minimum atomic E-state index is -0.0198. The zero-order valence-electron chi connectivity index (χ0n) is 14.4. The van der Waals surface area contributed by atoms with Gasteiger partial charge in [0.2, 0.25) is 0 Å². The number of carbonyl (C=O) groups is 1. The molecule has 3 heterocycles. The lowest BCUT2D eigenvalue weighted by Gasteiger charge is -2.15. The van der Waals surface area contributed by atoms with Crippen LogP contribution in [0.15, 0.2) is 53.4 Å². The Labute approximate surface area is 159 Å². The summed E-state index contributed by atoms with van der Waals surface area (Å²) < 4.78 is 7.29. The van der Waals surface area contributed by atoms with Crippen LogP contribution in [-0.4, -0.2) is 34.3 Å². The monoisotopic (exact) mass is 383 g/mol. The van der Waals surface area contributed by atoms with Crippen LogP contribution < -0.4 is 4.74 Å². The van der Waals surface area contributed by atoms with Crippen molar-refractivity contribution >= 4 is 33.5 Å². The van der Waals surface area contributed by atoms with Gasteiger partial charge in [-0.15, -0.1) is 22.7 Å². The van der Waals surface area contributed by atoms with Gasteiger partial charge in [-0.2, -0.15) is 0 Å². The highest BCUT2D eigenvalue weighted by atomic mass is 32.1. The van der Waals surface area contributed by atoms with Crippen LogP contribution in [0.3, 0.4) is 0 Å². The van der Waals surface area contributed by atoms with Gasteiger partial charge in [0.1, 0.15) is 11.4 Å². The van der Waals surface area contributed by atoms with Gasteiger partial charge in [0.15, 0.2) is 4.96 Å². The first kappa shape index (κ1) is 16.8. The molecule has 4 aromatic rings. The topological polar surface area (TPSA) is 46.8 Å². The Balaban J connectivity index is 1.67. The third-order valence-corrected chi connectivity index (χ3v) is 5.83. The van der Waals surface area contributed by atoms with Gasteiger partial charge >= 0.3 is 0 Å². The van der Waals surface area contributed by atoms with Crippen molar-refractivity contribution in [3.63, 3.8) is 0 Å². The van der Waals surface area contributed by atoms with Crippen molar-refractivity contribution < 1.29 is 9.53 Å². The Hall–Kier alpha value is -2.64. The summed E-state index contributed by atoms with van der Waals surface area (Å²) in [5, 5.41) is 3.88. The lowest BCUT2D eigenvalue weighted by Crippen LogP contribution is -2.26. The molecule has 0 spiro atoms. The number of amides is 1. The first-order valence-electron chi connectivity index (χ1n) is 8.05. The number of thiophene rings is 1. The molecule has 0 saturated carbocycles. The lowest BCUT2D eigenvalue weighted by molar-refractivity contribution is 0.0780. The summed E-state index contributed by atoms with van der Waals surface area (Å²) in [5.74, 6) is 0.745. The second-order valence-corrected chi connectivity index (χ2v) is 7.71. The third kappa shape index (κ3) is 3.00. The molecule has 0 aliphatic carbocycles. The molecule has 0 atom stereocenters. The summed E-state index contributed by atoms with van der Waals surface area (Å²) in [6.07, 6.45) is 1.90. The molecule has 0 saturated heterocycles. The van der Waals surface area contributed by atoms with E-state index in [1.807, 2.05) is 64.8 Å². The smallest absolute Gasteiger partial charge is 0.271 e. The maximum Gasteiger partial charge on any atom is 0.271 e. The van der Waals surface area contributed by atoms with E-state index in [9.17, 15) is 4.79 Å². The quantitative estimate of drug-likeness (QED) is 0.513. The van der Waals surface area contributed by atoms with Gasteiger partial charge in [0.05, 0.1) is 19.3 Å². The number of rotatable bonds is 5. The maximum atomic E-state index is 12.9. The van der Waals surface area contributed by atoms with Crippen molar-refractivity contribution in [2.24, 2.45) is 0 Å². The minimum absolute atomic E-state index is 0.0198. The van der Waals surface area contributed by atoms with Crippen LogP contribution in [0.25, 0.3) is 16.2 Å². The molecule has 132 valence electrons. The maximum absolute atomic E-state index is 12.9. The number of ether oxygens (including phenoxy) is 1. The average Bonchev–Trinajstić information content (AvgIpc) is 3.38. The van der Waals surface area contributed by atoms with E-state index < -0.39 is 0 Å². The van der Waals surface area contributed by atoms with Gasteiger partial charge in [-0.1, -0.05) is 18.2 Å². The number of nitrogens with zero attached hydrogens (tertiary/aromatic N) is 3. The Kier molecular flexibility index (Phi) is 4.48. The second kappa shape index (κ2) is 6.93. The summed E-state index contributed by atoms with van der Waals surface area (Å²) >= 11 is 3.11. The number of benzene rings is 1. The molecule has 3 aromatic heterocycles. The number of hydrogen-bond donors (Lipinski definition) is 0. The standard InChI is InChI=1S/C19H17N3O2S2/c1-21(10-13-6-5-9-25-13)18(23)16-12-26-19-20-15(11-22(16)19)14-7-3-4-8-17(14)24-2/h3-9,11-12H,10H2,1-2H3. The van der Waals surface area contributed by atoms with Crippen LogP contribution in [0, 0.1) is 0 Å². The summed E-state index contributed by atoms with van der Waals surface area (Å²) in [5.41, 5.74) is 2.33. The predicted molar refractivity (Wildman–Crippen MR) is 105 cm³/mol. The molecular weight excluding hydrogens is 366 g/mol. The number of aromatic nitrogens is 2. The van der Waals surface area contributed by atoms with Crippen LogP contribution >= 0.6 is 22.7 Å². The van der Waals surface area contributed by atoms with Crippen molar-refractivity contribution in [1.29, 1.82) is 0 Å². The summed E-state index contributed by atoms with van der Waals surface area (Å²) in [7, 11) is 3.47. The van der Waals surface area contributed by atoms with Gasteiger partial charge in [0.25, 0.3) is 5.91 Å². The number of carbonyl (C=O) groups excluding carboxylic acids is 1. The molecule has 4 rings (SSSR count). The molecule has 0 fully saturated rings. The van der Waals surface area contributed by atoms with E-state index in [0.29, 0.717) is 12.2 Å². The number of para-hydroxylation sites is 1. The molecule has 0 unspecified atom stereocenters. The summed E-state index contributed by atoms with van der Waals surface area (Å²) in [6, 6.07) is 11.8. The molecule has 1 aromatic carbocycles. The number of thiazole rings is 1. The fourth-order valence-corrected chi connectivity index (χ4v) is 4.43. The molecule has 5 nitrogen and oxygen atoms in total. The minimum Gasteiger partial charge on any atom is -0.496 e. The van der Waals surface area contributed by atoms with Crippen LogP contribution in [-0.2, 0) is 6.54 Å². The summed E-state index contributed by atoms with van der Waals surface area (Å²) in [6.45, 7) is 0.599. The molecule has 1 amide bonds. The molecule has 7 heteroatoms. The molecule has 0 bridgehead atoms. The van der Waals surface area contributed by atoms with E-state index in [2.05, 4.69) is 4.98 Å².